The third-order valence-electron chi connectivity index (χ3n) is 1.73. The number of hydrogen-bond acceptors (Lipinski definition) is 4. The summed E-state index contributed by atoms with van der Waals surface area (Å²) in [5.74, 6) is 0. The maximum atomic E-state index is 12.2. The summed E-state index contributed by atoms with van der Waals surface area (Å²) in [7, 11) is -5.57. The van der Waals surface area contributed by atoms with Gasteiger partial charge in [0.2, 0.25) is 0 Å². The summed E-state index contributed by atoms with van der Waals surface area (Å²) in [5.41, 5.74) is -6.25. The molecule has 0 atom stereocenters. The molecule has 0 amide bonds. The summed E-state index contributed by atoms with van der Waals surface area (Å²) in [6, 6.07) is 1.86. The van der Waals surface area contributed by atoms with E-state index in [-0.39, 0.29) is 4.47 Å². The predicted molar refractivity (Wildman–Crippen MR) is 54.0 cm³/mol. The van der Waals surface area contributed by atoms with Gasteiger partial charge in [0.1, 0.15) is 0 Å². The molecule has 0 fully saturated rings. The lowest BCUT2D eigenvalue weighted by atomic mass is 10.3. The van der Waals surface area contributed by atoms with E-state index in [2.05, 4.69) is 15.9 Å². The first kappa shape index (κ1) is 13.9. The molecule has 0 saturated carbocycles. The number of halogens is 4. The van der Waals surface area contributed by atoms with Gasteiger partial charge < -0.3 is 0 Å². The van der Waals surface area contributed by atoms with Gasteiger partial charge in [0.15, 0.2) is 0 Å². The fourth-order valence-corrected chi connectivity index (χ4v) is 2.11. The van der Waals surface area contributed by atoms with Crippen LogP contribution in [0.25, 0.3) is 0 Å². The van der Waals surface area contributed by atoms with Crippen molar-refractivity contribution in [2.75, 3.05) is 0 Å². The Morgan fingerprint density at radius 2 is 1.82 bits per heavy atom. The molecule has 0 heterocycles. The number of sulfone groups is 1. The van der Waals surface area contributed by atoms with Crippen molar-refractivity contribution in [2.45, 2.75) is 10.4 Å². The number of nitrogens with zero attached hydrogens (tertiary/aromatic N) is 1. The first-order valence-corrected chi connectivity index (χ1v) is 6.10. The third kappa shape index (κ3) is 2.57. The summed E-state index contributed by atoms with van der Waals surface area (Å²) >= 11 is 2.73. The molecule has 10 heteroatoms. The zero-order valence-electron chi connectivity index (χ0n) is 7.73. The van der Waals surface area contributed by atoms with Crippen LogP contribution in [0.5, 0.6) is 0 Å². The Bertz CT molecular complexity index is 569. The largest absolute Gasteiger partial charge is 0.501 e. The van der Waals surface area contributed by atoms with Gasteiger partial charge >= 0.3 is 5.51 Å². The van der Waals surface area contributed by atoms with E-state index < -0.39 is 30.9 Å². The van der Waals surface area contributed by atoms with Gasteiger partial charge in [-0.2, -0.15) is 13.2 Å². The Morgan fingerprint density at radius 3 is 2.24 bits per heavy atom. The predicted octanol–water partition coefficient (Wildman–Crippen LogP) is 2.65. The van der Waals surface area contributed by atoms with Crippen molar-refractivity contribution >= 4 is 31.5 Å². The van der Waals surface area contributed by atoms with E-state index in [1.165, 1.54) is 0 Å². The van der Waals surface area contributed by atoms with Crippen LogP contribution in [0.1, 0.15) is 0 Å². The van der Waals surface area contributed by atoms with Gasteiger partial charge in [-0.25, -0.2) is 8.42 Å². The van der Waals surface area contributed by atoms with E-state index in [1.807, 2.05) is 0 Å². The van der Waals surface area contributed by atoms with E-state index in [0.29, 0.717) is 12.1 Å². The Hall–Kier alpha value is -1.16. The summed E-state index contributed by atoms with van der Waals surface area (Å²) in [5, 5.41) is 10.5. The highest BCUT2D eigenvalue weighted by molar-refractivity contribution is 9.10. The minimum atomic E-state index is -5.57. The van der Waals surface area contributed by atoms with Crippen LogP contribution >= 0.6 is 15.9 Å². The summed E-state index contributed by atoms with van der Waals surface area (Å²) in [4.78, 5) is 8.30. The molecule has 0 saturated heterocycles. The highest BCUT2D eigenvalue weighted by atomic mass is 79.9. The molecule has 0 aromatic heterocycles. The van der Waals surface area contributed by atoms with E-state index in [4.69, 9.17) is 0 Å². The highest BCUT2D eigenvalue weighted by Crippen LogP contribution is 2.34. The van der Waals surface area contributed by atoms with Crippen LogP contribution in [0.2, 0.25) is 0 Å². The van der Waals surface area contributed by atoms with E-state index in [1.54, 1.807) is 0 Å². The van der Waals surface area contributed by atoms with Gasteiger partial charge in [-0.1, -0.05) is 0 Å². The van der Waals surface area contributed by atoms with Crippen molar-refractivity contribution in [3.8, 4) is 0 Å². The van der Waals surface area contributed by atoms with Crippen molar-refractivity contribution in [1.82, 2.24) is 0 Å². The molecule has 0 aliphatic carbocycles. The van der Waals surface area contributed by atoms with Crippen LogP contribution < -0.4 is 0 Å². The summed E-state index contributed by atoms with van der Waals surface area (Å²) in [6.07, 6.45) is 0. The van der Waals surface area contributed by atoms with Gasteiger partial charge in [-0.15, -0.1) is 0 Å². The normalized spacial score (nSPS) is 12.5. The van der Waals surface area contributed by atoms with Crippen molar-refractivity contribution < 1.29 is 26.5 Å². The first-order valence-electron chi connectivity index (χ1n) is 3.82. The molecule has 0 spiro atoms. The second kappa shape index (κ2) is 4.26. The molecule has 1 aromatic rings. The smallest absolute Gasteiger partial charge is 0.258 e. The molecular weight excluding hydrogens is 331 g/mol. The molecule has 0 N–H and O–H groups in total. The molecule has 0 aliphatic heterocycles. The Morgan fingerprint density at radius 1 is 1.29 bits per heavy atom. The molecule has 1 aromatic carbocycles. The first-order chi connectivity index (χ1) is 7.57. The number of nitro benzene ring substituents is 1. The van der Waals surface area contributed by atoms with Gasteiger partial charge in [0, 0.05) is 6.07 Å². The SMILES string of the molecule is O=[N+]([O-])c1cc(S(=O)(=O)C(F)(F)F)ccc1Br. The minimum absolute atomic E-state index is 0.108. The lowest BCUT2D eigenvalue weighted by molar-refractivity contribution is -0.385. The van der Waals surface area contributed by atoms with E-state index in [0.717, 1.165) is 6.07 Å². The average Bonchev–Trinajstić information content (AvgIpc) is 2.15. The van der Waals surface area contributed by atoms with Crippen LogP contribution in [0.4, 0.5) is 18.9 Å². The van der Waals surface area contributed by atoms with Gasteiger partial charge in [0.25, 0.3) is 15.5 Å². The van der Waals surface area contributed by atoms with Crippen LogP contribution in [0, 0.1) is 10.1 Å². The molecule has 94 valence electrons. The van der Waals surface area contributed by atoms with Crippen molar-refractivity contribution in [3.63, 3.8) is 0 Å². The lowest BCUT2D eigenvalue weighted by Crippen LogP contribution is -2.23. The Kier molecular flexibility index (Phi) is 3.48. The van der Waals surface area contributed by atoms with Crippen molar-refractivity contribution in [3.05, 3.63) is 32.8 Å². The molecule has 17 heavy (non-hydrogen) atoms. The number of rotatable bonds is 2. The standard InChI is InChI=1S/C7H3BrF3NO4S/c8-5-2-1-4(3-6(5)12(13)14)17(15,16)7(9,10)11/h1-3H. The second-order valence-corrected chi connectivity index (χ2v) is 5.62. The quantitative estimate of drug-likeness (QED) is 0.615. The van der Waals surface area contributed by atoms with Crippen LogP contribution in [0.3, 0.4) is 0 Å². The van der Waals surface area contributed by atoms with E-state index >= 15 is 0 Å². The average molecular weight is 334 g/mol. The Balaban J connectivity index is 3.46. The van der Waals surface area contributed by atoms with Crippen molar-refractivity contribution in [1.29, 1.82) is 0 Å². The van der Waals surface area contributed by atoms with Gasteiger partial charge in [0.05, 0.1) is 14.3 Å². The summed E-state index contributed by atoms with van der Waals surface area (Å²) < 4.78 is 58.4. The topological polar surface area (TPSA) is 77.3 Å². The third-order valence-corrected chi connectivity index (χ3v) is 3.88. The monoisotopic (exact) mass is 333 g/mol. The maximum Gasteiger partial charge on any atom is 0.501 e. The fourth-order valence-electron chi connectivity index (χ4n) is 0.933. The van der Waals surface area contributed by atoms with Gasteiger partial charge in [-0.3, -0.25) is 10.1 Å². The minimum Gasteiger partial charge on any atom is -0.258 e. The lowest BCUT2D eigenvalue weighted by Gasteiger charge is -2.07. The molecule has 0 aliphatic rings. The van der Waals surface area contributed by atoms with Gasteiger partial charge in [-0.05, 0) is 28.1 Å². The number of hydrogen-bond donors (Lipinski definition) is 0. The maximum absolute atomic E-state index is 12.2. The molecule has 5 nitrogen and oxygen atoms in total. The van der Waals surface area contributed by atoms with Crippen LogP contribution in [-0.4, -0.2) is 18.8 Å². The number of nitro groups is 1. The zero-order chi connectivity index (χ0) is 13.4. The second-order valence-electron chi connectivity index (χ2n) is 2.82. The summed E-state index contributed by atoms with van der Waals surface area (Å²) in [6.45, 7) is 0. The number of benzene rings is 1. The molecule has 0 bridgehead atoms. The number of alkyl halides is 3. The molecule has 0 radical (unpaired) electrons. The van der Waals surface area contributed by atoms with Crippen LogP contribution in [-0.2, 0) is 9.84 Å². The van der Waals surface area contributed by atoms with Crippen molar-refractivity contribution in [2.24, 2.45) is 0 Å². The Labute approximate surface area is 101 Å². The molecule has 0 unspecified atom stereocenters. The highest BCUT2D eigenvalue weighted by Gasteiger charge is 2.47. The zero-order valence-corrected chi connectivity index (χ0v) is 10.1. The van der Waals surface area contributed by atoms with E-state index in [9.17, 15) is 31.7 Å². The fraction of sp³-hybridized carbons (Fsp3) is 0.143. The molecular formula is C7H3BrF3NO4S. The molecule has 1 rings (SSSR count). The van der Waals surface area contributed by atoms with Crippen LogP contribution in [0.15, 0.2) is 27.6 Å².